The second-order valence-electron chi connectivity index (χ2n) is 5.20. The van der Waals surface area contributed by atoms with E-state index in [-0.39, 0.29) is 5.78 Å². The van der Waals surface area contributed by atoms with Gasteiger partial charge in [0.25, 0.3) is 0 Å². The summed E-state index contributed by atoms with van der Waals surface area (Å²) in [5.41, 5.74) is -0.147. The van der Waals surface area contributed by atoms with Gasteiger partial charge in [0.05, 0.1) is 4.91 Å². The first-order valence-electron chi connectivity index (χ1n) is 7.08. The van der Waals surface area contributed by atoms with Crippen molar-refractivity contribution in [2.75, 3.05) is 7.05 Å². The highest BCUT2D eigenvalue weighted by Gasteiger charge is 2.46. The second kappa shape index (κ2) is 6.28. The second-order valence-corrected chi connectivity index (χ2v) is 6.88. The third kappa shape index (κ3) is 2.83. The van der Waals surface area contributed by atoms with Gasteiger partial charge in [0, 0.05) is 24.3 Å². The summed E-state index contributed by atoms with van der Waals surface area (Å²) in [6, 6.07) is 18.2. The van der Waals surface area contributed by atoms with E-state index >= 15 is 0 Å². The molecule has 0 spiro atoms. The van der Waals surface area contributed by atoms with Crippen molar-refractivity contribution in [3.63, 3.8) is 0 Å². The molecule has 0 amide bonds. The molecular formula is C18H15NO2S2. The van der Waals surface area contributed by atoms with Crippen LogP contribution in [0.2, 0.25) is 0 Å². The topological polar surface area (TPSA) is 40.5 Å². The normalized spacial score (nSPS) is 22.6. The van der Waals surface area contributed by atoms with Gasteiger partial charge in [-0.05, 0) is 0 Å². The summed E-state index contributed by atoms with van der Waals surface area (Å²) in [7, 11) is 1.73. The van der Waals surface area contributed by atoms with Gasteiger partial charge < -0.3 is 10.0 Å². The number of benzene rings is 2. The van der Waals surface area contributed by atoms with Gasteiger partial charge >= 0.3 is 0 Å². The van der Waals surface area contributed by atoms with Crippen LogP contribution >= 0.6 is 24.0 Å². The zero-order chi connectivity index (χ0) is 16.4. The van der Waals surface area contributed by atoms with E-state index in [4.69, 9.17) is 12.2 Å². The van der Waals surface area contributed by atoms with Gasteiger partial charge in [0.2, 0.25) is 0 Å². The Morgan fingerprint density at radius 2 is 1.70 bits per heavy atom. The number of rotatable bonds is 3. The summed E-state index contributed by atoms with van der Waals surface area (Å²) in [6.07, 6.45) is 1.48. The highest BCUT2D eigenvalue weighted by molar-refractivity contribution is 8.25. The molecular weight excluding hydrogens is 326 g/mol. The number of nitrogens with zero attached hydrogens (tertiary/aromatic N) is 1. The Kier molecular flexibility index (Phi) is 4.35. The summed E-state index contributed by atoms with van der Waals surface area (Å²) in [6.45, 7) is 0. The molecule has 3 rings (SSSR count). The van der Waals surface area contributed by atoms with Crippen LogP contribution in [-0.2, 0) is 5.72 Å². The maximum Gasteiger partial charge on any atom is 0.198 e. The molecule has 1 saturated heterocycles. The van der Waals surface area contributed by atoms with Crippen molar-refractivity contribution < 1.29 is 9.90 Å². The average molecular weight is 341 g/mol. The van der Waals surface area contributed by atoms with Crippen LogP contribution in [0.4, 0.5) is 0 Å². The van der Waals surface area contributed by atoms with Gasteiger partial charge in [-0.15, -0.1) is 0 Å². The first kappa shape index (κ1) is 15.9. The Hall–Kier alpha value is -1.95. The number of likely N-dealkylation sites (N-methyl/N-ethyl adjacent to an activating group) is 1. The molecule has 0 saturated carbocycles. The zero-order valence-corrected chi connectivity index (χ0v) is 14.1. The quantitative estimate of drug-likeness (QED) is 0.525. The fourth-order valence-corrected chi connectivity index (χ4v) is 3.89. The molecule has 116 valence electrons. The molecule has 1 atom stereocenters. The molecule has 2 aromatic rings. The summed E-state index contributed by atoms with van der Waals surface area (Å²) < 4.78 is 0.531. The number of allylic oxidation sites excluding steroid dienone is 1. The van der Waals surface area contributed by atoms with Crippen molar-refractivity contribution in [1.29, 1.82) is 0 Å². The van der Waals surface area contributed by atoms with E-state index in [0.29, 0.717) is 20.4 Å². The number of thioether (sulfide) groups is 1. The number of ketones is 1. The molecule has 1 unspecified atom stereocenters. The molecule has 1 heterocycles. The average Bonchev–Trinajstić information content (AvgIpc) is 2.81. The van der Waals surface area contributed by atoms with E-state index in [1.165, 1.54) is 17.8 Å². The van der Waals surface area contributed by atoms with Crippen LogP contribution < -0.4 is 0 Å². The fourth-order valence-electron chi connectivity index (χ4n) is 2.47. The molecule has 23 heavy (non-hydrogen) atoms. The number of hydrogen-bond donors (Lipinski definition) is 1. The Bertz CT molecular complexity index is 774. The third-order valence-electron chi connectivity index (χ3n) is 3.80. The van der Waals surface area contributed by atoms with E-state index < -0.39 is 5.72 Å². The Labute approximate surface area is 144 Å². The molecule has 1 aliphatic rings. The van der Waals surface area contributed by atoms with Crippen LogP contribution in [0.5, 0.6) is 0 Å². The van der Waals surface area contributed by atoms with Crippen LogP contribution in [0.15, 0.2) is 71.6 Å². The SMILES string of the molecule is CN1C(=S)S/C(=C\C(=O)c2ccccc2)C1(O)c1ccccc1. The summed E-state index contributed by atoms with van der Waals surface area (Å²) in [4.78, 5) is 14.6. The van der Waals surface area contributed by atoms with Gasteiger partial charge in [0.1, 0.15) is 4.32 Å². The summed E-state index contributed by atoms with van der Waals surface area (Å²) in [5, 5.41) is 11.3. The third-order valence-corrected chi connectivity index (χ3v) is 5.39. The van der Waals surface area contributed by atoms with E-state index in [1.807, 2.05) is 48.5 Å². The van der Waals surface area contributed by atoms with Crippen LogP contribution in [0, 0.1) is 0 Å². The van der Waals surface area contributed by atoms with Gasteiger partial charge in [-0.25, -0.2) is 0 Å². The monoisotopic (exact) mass is 341 g/mol. The van der Waals surface area contributed by atoms with Gasteiger partial charge in [-0.2, -0.15) is 0 Å². The minimum Gasteiger partial charge on any atom is -0.363 e. The van der Waals surface area contributed by atoms with Crippen LogP contribution in [0.1, 0.15) is 15.9 Å². The Balaban J connectivity index is 2.05. The van der Waals surface area contributed by atoms with Gasteiger partial charge in [-0.3, -0.25) is 4.79 Å². The van der Waals surface area contributed by atoms with Crippen molar-refractivity contribution in [2.24, 2.45) is 0 Å². The van der Waals surface area contributed by atoms with Crippen LogP contribution in [0.25, 0.3) is 0 Å². The first-order chi connectivity index (χ1) is 11.0. The number of aliphatic hydroxyl groups is 1. The van der Waals surface area contributed by atoms with Crippen molar-refractivity contribution in [1.82, 2.24) is 4.90 Å². The lowest BCUT2D eigenvalue weighted by atomic mass is 9.99. The maximum absolute atomic E-state index is 12.5. The molecule has 2 aromatic carbocycles. The largest absolute Gasteiger partial charge is 0.363 e. The van der Waals surface area contributed by atoms with E-state index in [0.717, 1.165) is 0 Å². The molecule has 0 aliphatic carbocycles. The minimum absolute atomic E-state index is 0.152. The molecule has 0 radical (unpaired) electrons. The maximum atomic E-state index is 12.5. The summed E-state index contributed by atoms with van der Waals surface area (Å²) in [5.74, 6) is -0.152. The number of thiocarbonyl (C=S) groups is 1. The molecule has 0 aromatic heterocycles. The van der Waals surface area contributed by atoms with Gasteiger partial charge in [-0.1, -0.05) is 84.6 Å². The molecule has 3 nitrogen and oxygen atoms in total. The molecule has 5 heteroatoms. The lowest BCUT2D eigenvalue weighted by molar-refractivity contribution is -0.0134. The smallest absolute Gasteiger partial charge is 0.198 e. The predicted octanol–water partition coefficient (Wildman–Crippen LogP) is 3.56. The number of carbonyl (C=O) groups excluding carboxylic acids is 1. The van der Waals surface area contributed by atoms with E-state index in [1.54, 1.807) is 24.1 Å². The van der Waals surface area contributed by atoms with Crippen molar-refractivity contribution in [2.45, 2.75) is 5.72 Å². The van der Waals surface area contributed by atoms with Crippen molar-refractivity contribution in [3.8, 4) is 0 Å². The standard InChI is InChI=1S/C18H15NO2S2/c1-19-17(22)23-16(12-15(20)13-8-4-2-5-9-13)18(19,21)14-10-6-3-7-11-14/h2-12,21H,1H3/b16-12-. The predicted molar refractivity (Wildman–Crippen MR) is 97.1 cm³/mol. The molecule has 1 N–H and O–H groups in total. The summed E-state index contributed by atoms with van der Waals surface area (Å²) >= 11 is 6.56. The lowest BCUT2D eigenvalue weighted by Crippen LogP contribution is -2.41. The number of carbonyl (C=O) groups is 1. The van der Waals surface area contributed by atoms with Gasteiger partial charge in [0.15, 0.2) is 11.5 Å². The zero-order valence-electron chi connectivity index (χ0n) is 12.5. The Morgan fingerprint density at radius 3 is 2.30 bits per heavy atom. The van der Waals surface area contributed by atoms with Crippen molar-refractivity contribution in [3.05, 3.63) is 82.8 Å². The van der Waals surface area contributed by atoms with Crippen LogP contribution in [-0.4, -0.2) is 27.2 Å². The highest BCUT2D eigenvalue weighted by Crippen LogP contribution is 2.47. The highest BCUT2D eigenvalue weighted by atomic mass is 32.2. The molecule has 1 fully saturated rings. The van der Waals surface area contributed by atoms with E-state index in [2.05, 4.69) is 0 Å². The Morgan fingerprint density at radius 1 is 1.13 bits per heavy atom. The molecule has 1 aliphatic heterocycles. The fraction of sp³-hybridized carbons (Fsp3) is 0.111. The minimum atomic E-state index is -1.41. The first-order valence-corrected chi connectivity index (χ1v) is 8.31. The van der Waals surface area contributed by atoms with Crippen molar-refractivity contribution >= 4 is 34.1 Å². The lowest BCUT2D eigenvalue weighted by Gasteiger charge is -2.32. The van der Waals surface area contributed by atoms with Crippen LogP contribution in [0.3, 0.4) is 0 Å². The van der Waals surface area contributed by atoms with E-state index in [9.17, 15) is 9.90 Å². The molecule has 0 bridgehead atoms. The number of hydrogen-bond acceptors (Lipinski definition) is 4.